The number of halogens is 2. The number of methoxy groups -OCH3 is 1. The first-order valence-electron chi connectivity index (χ1n) is 7.58. The number of nitrogens with one attached hydrogen (secondary N) is 2. The molecule has 2 N–H and O–H groups in total. The minimum absolute atomic E-state index is 0.0258. The number of hydrogen-bond donors (Lipinski definition) is 2. The standard InChI is InChI=1S/C18H20Cl2N2O2/c1-12-9-16(17(24-2)10-15(12)20)21-8-7-18(23)22-11-13-3-5-14(19)6-4-13/h3-6,9-10,21H,7-8,11H2,1-2H3,(H,22,23). The van der Waals surface area contributed by atoms with Crippen LogP contribution in [0.5, 0.6) is 5.75 Å². The lowest BCUT2D eigenvalue weighted by Gasteiger charge is -2.13. The van der Waals surface area contributed by atoms with E-state index in [1.807, 2.05) is 25.1 Å². The second-order valence-electron chi connectivity index (χ2n) is 5.38. The van der Waals surface area contributed by atoms with Crippen LogP contribution in [0.15, 0.2) is 36.4 Å². The Morgan fingerprint density at radius 1 is 1.17 bits per heavy atom. The van der Waals surface area contributed by atoms with Gasteiger partial charge in [0.25, 0.3) is 0 Å². The van der Waals surface area contributed by atoms with Gasteiger partial charge >= 0.3 is 0 Å². The molecule has 6 heteroatoms. The molecule has 0 unspecified atom stereocenters. The first-order valence-corrected chi connectivity index (χ1v) is 8.34. The molecule has 0 aliphatic carbocycles. The third-order valence-electron chi connectivity index (χ3n) is 3.55. The average molecular weight is 367 g/mol. The largest absolute Gasteiger partial charge is 0.495 e. The van der Waals surface area contributed by atoms with E-state index >= 15 is 0 Å². The third-order valence-corrected chi connectivity index (χ3v) is 4.21. The van der Waals surface area contributed by atoms with Crippen molar-refractivity contribution in [2.45, 2.75) is 19.9 Å². The molecule has 0 spiro atoms. The number of benzene rings is 2. The highest BCUT2D eigenvalue weighted by Gasteiger charge is 2.08. The van der Waals surface area contributed by atoms with Crippen LogP contribution in [0.4, 0.5) is 5.69 Å². The molecule has 0 aliphatic heterocycles. The van der Waals surface area contributed by atoms with Gasteiger partial charge in [-0.25, -0.2) is 0 Å². The second kappa shape index (κ2) is 8.81. The summed E-state index contributed by atoms with van der Waals surface area (Å²) in [6, 6.07) is 11.1. The molecule has 0 saturated heterocycles. The monoisotopic (exact) mass is 366 g/mol. The van der Waals surface area contributed by atoms with Gasteiger partial charge in [-0.1, -0.05) is 35.3 Å². The van der Waals surface area contributed by atoms with Crippen LogP contribution in [0, 0.1) is 6.92 Å². The number of rotatable bonds is 7. The maximum absolute atomic E-state index is 11.9. The van der Waals surface area contributed by atoms with Crippen molar-refractivity contribution in [1.82, 2.24) is 5.32 Å². The number of carbonyl (C=O) groups excluding carboxylic acids is 1. The van der Waals surface area contributed by atoms with Gasteiger partial charge in [0.1, 0.15) is 5.75 Å². The van der Waals surface area contributed by atoms with Crippen molar-refractivity contribution in [1.29, 1.82) is 0 Å². The van der Waals surface area contributed by atoms with Gasteiger partial charge in [0.15, 0.2) is 0 Å². The van der Waals surface area contributed by atoms with E-state index in [0.29, 0.717) is 35.3 Å². The SMILES string of the molecule is COc1cc(Cl)c(C)cc1NCCC(=O)NCc1ccc(Cl)cc1. The van der Waals surface area contributed by atoms with Crippen LogP contribution in [-0.4, -0.2) is 19.6 Å². The summed E-state index contributed by atoms with van der Waals surface area (Å²) in [5.41, 5.74) is 2.78. The fourth-order valence-corrected chi connectivity index (χ4v) is 2.45. The highest BCUT2D eigenvalue weighted by molar-refractivity contribution is 6.31. The van der Waals surface area contributed by atoms with E-state index < -0.39 is 0 Å². The topological polar surface area (TPSA) is 50.4 Å². The van der Waals surface area contributed by atoms with Gasteiger partial charge in [0.05, 0.1) is 12.8 Å². The van der Waals surface area contributed by atoms with Crippen molar-refractivity contribution >= 4 is 34.8 Å². The van der Waals surface area contributed by atoms with E-state index in [2.05, 4.69) is 10.6 Å². The fourth-order valence-electron chi connectivity index (χ4n) is 2.17. The average Bonchev–Trinajstić information content (AvgIpc) is 2.57. The van der Waals surface area contributed by atoms with Gasteiger partial charge in [-0.05, 0) is 36.2 Å². The quantitative estimate of drug-likeness (QED) is 0.761. The van der Waals surface area contributed by atoms with E-state index in [-0.39, 0.29) is 5.91 Å². The lowest BCUT2D eigenvalue weighted by atomic mass is 10.2. The smallest absolute Gasteiger partial charge is 0.222 e. The maximum Gasteiger partial charge on any atom is 0.222 e. The van der Waals surface area contributed by atoms with E-state index in [0.717, 1.165) is 16.8 Å². The summed E-state index contributed by atoms with van der Waals surface area (Å²) in [5.74, 6) is 0.634. The minimum Gasteiger partial charge on any atom is -0.495 e. The molecule has 0 heterocycles. The Morgan fingerprint density at radius 2 is 1.88 bits per heavy atom. The second-order valence-corrected chi connectivity index (χ2v) is 6.23. The molecular formula is C18H20Cl2N2O2. The van der Waals surface area contributed by atoms with Crippen LogP contribution in [0.3, 0.4) is 0 Å². The first kappa shape index (κ1) is 18.4. The molecule has 4 nitrogen and oxygen atoms in total. The molecule has 0 fully saturated rings. The van der Waals surface area contributed by atoms with Crippen molar-refractivity contribution in [3.05, 3.63) is 57.6 Å². The van der Waals surface area contributed by atoms with E-state index in [1.165, 1.54) is 0 Å². The van der Waals surface area contributed by atoms with Crippen LogP contribution in [0.25, 0.3) is 0 Å². The summed E-state index contributed by atoms with van der Waals surface area (Å²) in [6.07, 6.45) is 0.360. The van der Waals surface area contributed by atoms with Crippen molar-refractivity contribution in [2.75, 3.05) is 19.0 Å². The highest BCUT2D eigenvalue weighted by Crippen LogP contribution is 2.30. The molecule has 0 aromatic heterocycles. The van der Waals surface area contributed by atoms with E-state index in [1.54, 1.807) is 25.3 Å². The molecular weight excluding hydrogens is 347 g/mol. The van der Waals surface area contributed by atoms with Crippen LogP contribution < -0.4 is 15.4 Å². The maximum atomic E-state index is 11.9. The van der Waals surface area contributed by atoms with Crippen molar-refractivity contribution in [3.63, 3.8) is 0 Å². The number of hydrogen-bond acceptors (Lipinski definition) is 3. The zero-order valence-corrected chi connectivity index (χ0v) is 15.2. The highest BCUT2D eigenvalue weighted by atomic mass is 35.5. The van der Waals surface area contributed by atoms with Crippen molar-refractivity contribution in [3.8, 4) is 5.75 Å². The van der Waals surface area contributed by atoms with Crippen LogP contribution in [-0.2, 0) is 11.3 Å². The number of amides is 1. The number of anilines is 1. The summed E-state index contributed by atoms with van der Waals surface area (Å²) in [7, 11) is 1.59. The molecule has 0 saturated carbocycles. The normalized spacial score (nSPS) is 10.3. The molecule has 2 aromatic carbocycles. The summed E-state index contributed by atoms with van der Waals surface area (Å²) in [5, 5.41) is 7.42. The van der Waals surface area contributed by atoms with E-state index in [9.17, 15) is 4.79 Å². The molecule has 24 heavy (non-hydrogen) atoms. The van der Waals surface area contributed by atoms with Gasteiger partial charge in [-0.15, -0.1) is 0 Å². The zero-order valence-electron chi connectivity index (χ0n) is 13.7. The Labute approximate surface area is 152 Å². The first-order chi connectivity index (χ1) is 11.5. The summed E-state index contributed by atoms with van der Waals surface area (Å²) >= 11 is 11.9. The van der Waals surface area contributed by atoms with Gasteiger partial charge in [0, 0.05) is 35.6 Å². The van der Waals surface area contributed by atoms with Crippen LogP contribution in [0.2, 0.25) is 10.0 Å². The Morgan fingerprint density at radius 3 is 2.54 bits per heavy atom. The summed E-state index contributed by atoms with van der Waals surface area (Å²) in [6.45, 7) is 2.91. The summed E-state index contributed by atoms with van der Waals surface area (Å²) in [4.78, 5) is 11.9. The van der Waals surface area contributed by atoms with Crippen LogP contribution >= 0.6 is 23.2 Å². The molecule has 1 amide bonds. The van der Waals surface area contributed by atoms with Gasteiger partial charge < -0.3 is 15.4 Å². The zero-order chi connectivity index (χ0) is 17.5. The number of ether oxygens (including phenoxy) is 1. The third kappa shape index (κ3) is 5.32. The van der Waals surface area contributed by atoms with Gasteiger partial charge in [-0.3, -0.25) is 4.79 Å². The molecule has 128 valence electrons. The van der Waals surface area contributed by atoms with Gasteiger partial charge in [-0.2, -0.15) is 0 Å². The Kier molecular flexibility index (Phi) is 6.76. The number of carbonyl (C=O) groups is 1. The summed E-state index contributed by atoms with van der Waals surface area (Å²) < 4.78 is 5.30. The fraction of sp³-hybridized carbons (Fsp3) is 0.278. The lowest BCUT2D eigenvalue weighted by Crippen LogP contribution is -2.24. The molecule has 2 aromatic rings. The molecule has 0 radical (unpaired) electrons. The lowest BCUT2D eigenvalue weighted by molar-refractivity contribution is -0.121. The van der Waals surface area contributed by atoms with Crippen molar-refractivity contribution < 1.29 is 9.53 Å². The van der Waals surface area contributed by atoms with E-state index in [4.69, 9.17) is 27.9 Å². The molecule has 0 atom stereocenters. The Bertz CT molecular complexity index is 703. The number of aryl methyl sites for hydroxylation is 1. The van der Waals surface area contributed by atoms with Crippen LogP contribution in [0.1, 0.15) is 17.5 Å². The molecule has 0 bridgehead atoms. The molecule has 0 aliphatic rings. The minimum atomic E-state index is -0.0258. The Hall–Kier alpha value is -1.91. The van der Waals surface area contributed by atoms with Crippen molar-refractivity contribution in [2.24, 2.45) is 0 Å². The predicted octanol–water partition coefficient (Wildman–Crippen LogP) is 4.43. The molecule has 2 rings (SSSR count). The Balaban J connectivity index is 1.80. The predicted molar refractivity (Wildman–Crippen MR) is 99.1 cm³/mol. The van der Waals surface area contributed by atoms with Gasteiger partial charge in [0.2, 0.25) is 5.91 Å².